The van der Waals surface area contributed by atoms with E-state index in [1.807, 2.05) is 6.92 Å². The fourth-order valence-electron chi connectivity index (χ4n) is 2.03. The lowest BCUT2D eigenvalue weighted by atomic mass is 10.1. The average molecular weight is 203 g/mol. The Labute approximate surface area is 90.1 Å². The number of fused-ring (bicyclic) bond motifs is 1. The fourth-order valence-corrected chi connectivity index (χ4v) is 2.03. The number of aryl methyl sites for hydroxylation is 2. The largest absolute Gasteiger partial charge is 0.459 e. The first-order valence-corrected chi connectivity index (χ1v) is 5.41. The summed E-state index contributed by atoms with van der Waals surface area (Å²) in [5.74, 6) is 0.908. The Morgan fingerprint density at radius 1 is 1.40 bits per heavy atom. The smallest absolute Gasteiger partial charge is 0.137 e. The molecule has 0 amide bonds. The van der Waals surface area contributed by atoms with Crippen LogP contribution in [0, 0.1) is 6.92 Å². The van der Waals surface area contributed by atoms with Crippen LogP contribution in [0.5, 0.6) is 0 Å². The summed E-state index contributed by atoms with van der Waals surface area (Å²) in [7, 11) is 0. The van der Waals surface area contributed by atoms with E-state index in [1.165, 1.54) is 16.5 Å². The summed E-state index contributed by atoms with van der Waals surface area (Å²) in [6.07, 6.45) is 0.989. The monoisotopic (exact) mass is 203 g/mol. The molecule has 1 aromatic carbocycles. The molecule has 0 radical (unpaired) electrons. The normalized spacial score (nSPS) is 13.3. The summed E-state index contributed by atoms with van der Waals surface area (Å²) in [5, 5.41) is 1.20. The molecule has 0 aliphatic heterocycles. The molecular weight excluding hydrogens is 186 g/mol. The van der Waals surface area contributed by atoms with Crippen molar-refractivity contribution in [3.05, 3.63) is 35.1 Å². The molecule has 1 aromatic heterocycles. The number of para-hydroxylation sites is 1. The number of nitrogens with two attached hydrogens (primary N) is 1. The molecule has 0 aliphatic rings. The Balaban J connectivity index is 2.75. The summed E-state index contributed by atoms with van der Waals surface area (Å²) in [4.78, 5) is 0. The lowest BCUT2D eigenvalue weighted by molar-refractivity contribution is 0.507. The van der Waals surface area contributed by atoms with Crippen LogP contribution in [0.25, 0.3) is 11.0 Å². The molecule has 0 fully saturated rings. The zero-order valence-electron chi connectivity index (χ0n) is 9.50. The summed E-state index contributed by atoms with van der Waals surface area (Å²) in [5.41, 5.74) is 9.31. The molecule has 2 rings (SSSR count). The standard InChI is InChI=1S/C13H17NO/c1-4-10-6-5-7-11-8(2)12(9(3)14)15-13(10)11/h5-7,9H,4,14H2,1-3H3. The first kappa shape index (κ1) is 10.2. The summed E-state index contributed by atoms with van der Waals surface area (Å²) >= 11 is 0. The Kier molecular flexibility index (Phi) is 2.53. The molecule has 1 heterocycles. The highest BCUT2D eigenvalue weighted by Gasteiger charge is 2.14. The molecule has 2 heteroatoms. The first-order chi connectivity index (χ1) is 7.15. The third-order valence-corrected chi connectivity index (χ3v) is 2.88. The van der Waals surface area contributed by atoms with Gasteiger partial charge in [-0.15, -0.1) is 0 Å². The molecule has 0 saturated carbocycles. The topological polar surface area (TPSA) is 39.2 Å². The van der Waals surface area contributed by atoms with Crippen LogP contribution in [0.4, 0.5) is 0 Å². The molecule has 0 aliphatic carbocycles. The SMILES string of the molecule is CCc1cccc2c(C)c(C(C)N)oc12. The van der Waals surface area contributed by atoms with Crippen LogP contribution >= 0.6 is 0 Å². The van der Waals surface area contributed by atoms with Gasteiger partial charge in [-0.05, 0) is 31.4 Å². The number of hydrogen-bond donors (Lipinski definition) is 1. The van der Waals surface area contributed by atoms with E-state index in [-0.39, 0.29) is 6.04 Å². The Morgan fingerprint density at radius 2 is 2.13 bits per heavy atom. The van der Waals surface area contributed by atoms with Crippen molar-refractivity contribution in [1.29, 1.82) is 0 Å². The molecule has 0 bridgehead atoms. The van der Waals surface area contributed by atoms with Gasteiger partial charge in [-0.1, -0.05) is 25.1 Å². The maximum Gasteiger partial charge on any atom is 0.137 e. The van der Waals surface area contributed by atoms with Gasteiger partial charge in [-0.3, -0.25) is 0 Å². The third kappa shape index (κ3) is 1.55. The zero-order valence-corrected chi connectivity index (χ0v) is 9.50. The number of benzene rings is 1. The van der Waals surface area contributed by atoms with Crippen LogP contribution in [-0.2, 0) is 6.42 Å². The fraction of sp³-hybridized carbons (Fsp3) is 0.385. The first-order valence-electron chi connectivity index (χ1n) is 5.41. The van der Waals surface area contributed by atoms with E-state index >= 15 is 0 Å². The second kappa shape index (κ2) is 3.70. The van der Waals surface area contributed by atoms with Crippen molar-refractivity contribution < 1.29 is 4.42 Å². The van der Waals surface area contributed by atoms with Gasteiger partial charge in [0.25, 0.3) is 0 Å². The van der Waals surface area contributed by atoms with Crippen LogP contribution in [0.1, 0.15) is 36.8 Å². The van der Waals surface area contributed by atoms with E-state index in [2.05, 4.69) is 32.0 Å². The molecule has 0 spiro atoms. The van der Waals surface area contributed by atoms with Crippen molar-refractivity contribution in [1.82, 2.24) is 0 Å². The highest BCUT2D eigenvalue weighted by atomic mass is 16.3. The number of rotatable bonds is 2. The molecule has 2 aromatic rings. The van der Waals surface area contributed by atoms with Gasteiger partial charge in [0.15, 0.2) is 0 Å². The second-order valence-corrected chi connectivity index (χ2v) is 4.03. The molecule has 2 N–H and O–H groups in total. The minimum Gasteiger partial charge on any atom is -0.459 e. The lowest BCUT2D eigenvalue weighted by Crippen LogP contribution is -2.04. The van der Waals surface area contributed by atoms with Crippen LogP contribution < -0.4 is 5.73 Å². The Hall–Kier alpha value is -1.28. The van der Waals surface area contributed by atoms with E-state index in [0.717, 1.165) is 17.8 Å². The van der Waals surface area contributed by atoms with Crippen molar-refractivity contribution in [3.63, 3.8) is 0 Å². The second-order valence-electron chi connectivity index (χ2n) is 4.03. The van der Waals surface area contributed by atoms with Crippen LogP contribution in [0.15, 0.2) is 22.6 Å². The summed E-state index contributed by atoms with van der Waals surface area (Å²) < 4.78 is 5.86. The minimum atomic E-state index is -0.0397. The predicted octanol–water partition coefficient (Wildman–Crippen LogP) is 3.32. The molecular formula is C13H17NO. The van der Waals surface area contributed by atoms with Gasteiger partial charge in [0.1, 0.15) is 11.3 Å². The zero-order chi connectivity index (χ0) is 11.0. The predicted molar refractivity (Wildman–Crippen MR) is 62.9 cm³/mol. The summed E-state index contributed by atoms with van der Waals surface area (Å²) in [6.45, 7) is 6.17. The third-order valence-electron chi connectivity index (χ3n) is 2.88. The van der Waals surface area contributed by atoms with Crippen LogP contribution in [0.2, 0.25) is 0 Å². The van der Waals surface area contributed by atoms with E-state index in [4.69, 9.17) is 10.2 Å². The lowest BCUT2D eigenvalue weighted by Gasteiger charge is -2.00. The highest BCUT2D eigenvalue weighted by Crippen LogP contribution is 2.30. The summed E-state index contributed by atoms with van der Waals surface area (Å²) in [6, 6.07) is 6.24. The van der Waals surface area contributed by atoms with Gasteiger partial charge >= 0.3 is 0 Å². The van der Waals surface area contributed by atoms with Crippen molar-refractivity contribution in [2.24, 2.45) is 5.73 Å². The van der Waals surface area contributed by atoms with E-state index in [0.29, 0.717) is 0 Å². The quantitative estimate of drug-likeness (QED) is 0.813. The van der Waals surface area contributed by atoms with E-state index in [1.54, 1.807) is 0 Å². The van der Waals surface area contributed by atoms with Crippen molar-refractivity contribution in [2.75, 3.05) is 0 Å². The maximum absolute atomic E-state index is 5.88. The Morgan fingerprint density at radius 3 is 2.73 bits per heavy atom. The van der Waals surface area contributed by atoms with Crippen molar-refractivity contribution in [3.8, 4) is 0 Å². The Bertz CT molecular complexity index is 482. The average Bonchev–Trinajstić information content (AvgIpc) is 2.56. The van der Waals surface area contributed by atoms with Crippen molar-refractivity contribution >= 4 is 11.0 Å². The van der Waals surface area contributed by atoms with Gasteiger partial charge in [0.05, 0.1) is 6.04 Å². The van der Waals surface area contributed by atoms with E-state index in [9.17, 15) is 0 Å². The molecule has 15 heavy (non-hydrogen) atoms. The van der Waals surface area contributed by atoms with Crippen LogP contribution in [-0.4, -0.2) is 0 Å². The number of hydrogen-bond acceptors (Lipinski definition) is 2. The molecule has 1 atom stereocenters. The van der Waals surface area contributed by atoms with E-state index < -0.39 is 0 Å². The van der Waals surface area contributed by atoms with Gasteiger partial charge in [-0.25, -0.2) is 0 Å². The number of furan rings is 1. The minimum absolute atomic E-state index is 0.0397. The molecule has 0 saturated heterocycles. The van der Waals surface area contributed by atoms with Gasteiger partial charge in [-0.2, -0.15) is 0 Å². The molecule has 80 valence electrons. The van der Waals surface area contributed by atoms with Gasteiger partial charge < -0.3 is 10.2 Å². The molecule has 2 nitrogen and oxygen atoms in total. The van der Waals surface area contributed by atoms with Gasteiger partial charge in [0, 0.05) is 5.39 Å². The van der Waals surface area contributed by atoms with Crippen LogP contribution in [0.3, 0.4) is 0 Å². The van der Waals surface area contributed by atoms with Crippen molar-refractivity contribution in [2.45, 2.75) is 33.2 Å². The molecule has 1 unspecified atom stereocenters. The van der Waals surface area contributed by atoms with Gasteiger partial charge in [0.2, 0.25) is 0 Å². The highest BCUT2D eigenvalue weighted by molar-refractivity contribution is 5.84. The maximum atomic E-state index is 5.88.